The highest BCUT2D eigenvalue weighted by Crippen LogP contribution is 2.32. The van der Waals surface area contributed by atoms with Crippen molar-refractivity contribution >= 4 is 21.4 Å². The molecule has 0 spiro atoms. The van der Waals surface area contributed by atoms with Crippen LogP contribution in [0.15, 0.2) is 40.5 Å². The molecule has 0 radical (unpaired) electrons. The minimum atomic E-state index is -3.16. The van der Waals surface area contributed by atoms with E-state index < -0.39 is 10.0 Å². The zero-order valence-electron chi connectivity index (χ0n) is 11.1. The summed E-state index contributed by atoms with van der Waals surface area (Å²) in [5.74, 6) is 0. The fraction of sp³-hybridized carbons (Fsp3) is 0.429. The van der Waals surface area contributed by atoms with Crippen LogP contribution in [0.25, 0.3) is 0 Å². The first-order valence-electron chi connectivity index (χ1n) is 6.68. The fourth-order valence-corrected chi connectivity index (χ4v) is 4.68. The molecular formula is C14H17NO3S2. The Labute approximate surface area is 123 Å². The van der Waals surface area contributed by atoms with Crippen LogP contribution in [0.3, 0.4) is 0 Å². The van der Waals surface area contributed by atoms with Gasteiger partial charge in [0.15, 0.2) is 0 Å². The van der Waals surface area contributed by atoms with Gasteiger partial charge in [-0.25, -0.2) is 8.42 Å². The summed E-state index contributed by atoms with van der Waals surface area (Å²) in [5.41, 5.74) is 0.903. The van der Waals surface area contributed by atoms with Crippen molar-refractivity contribution in [2.24, 2.45) is 0 Å². The van der Waals surface area contributed by atoms with Crippen molar-refractivity contribution in [3.05, 3.63) is 46.5 Å². The lowest BCUT2D eigenvalue weighted by atomic mass is 10.3. The molecule has 3 rings (SSSR count). The lowest BCUT2D eigenvalue weighted by Gasteiger charge is -2.21. The second-order valence-corrected chi connectivity index (χ2v) is 8.28. The quantitative estimate of drug-likeness (QED) is 0.790. The number of hydrogen-bond donors (Lipinski definition) is 0. The molecule has 6 heteroatoms. The van der Waals surface area contributed by atoms with E-state index in [2.05, 4.69) is 0 Å². The maximum atomic E-state index is 12.5. The van der Waals surface area contributed by atoms with Gasteiger partial charge in [0.25, 0.3) is 0 Å². The van der Waals surface area contributed by atoms with Crippen molar-refractivity contribution < 1.29 is 12.8 Å². The summed E-state index contributed by atoms with van der Waals surface area (Å²) in [4.78, 5) is 1.22. The number of rotatable bonds is 7. The molecule has 0 saturated heterocycles. The van der Waals surface area contributed by atoms with Crippen LogP contribution >= 0.6 is 11.3 Å². The molecule has 2 aromatic heterocycles. The molecule has 0 amide bonds. The van der Waals surface area contributed by atoms with E-state index in [-0.39, 0.29) is 5.25 Å². The molecule has 0 aromatic carbocycles. The minimum Gasteiger partial charge on any atom is -0.472 e. The van der Waals surface area contributed by atoms with E-state index >= 15 is 0 Å². The van der Waals surface area contributed by atoms with Gasteiger partial charge in [0, 0.05) is 23.5 Å². The van der Waals surface area contributed by atoms with Crippen LogP contribution in [0, 0.1) is 0 Å². The van der Waals surface area contributed by atoms with Gasteiger partial charge in [-0.3, -0.25) is 0 Å². The fourth-order valence-electron chi connectivity index (χ4n) is 2.15. The third-order valence-electron chi connectivity index (χ3n) is 3.43. The maximum Gasteiger partial charge on any atom is 0.217 e. The zero-order valence-corrected chi connectivity index (χ0v) is 12.7. The minimum absolute atomic E-state index is 0.169. The van der Waals surface area contributed by atoms with Gasteiger partial charge in [-0.15, -0.1) is 11.3 Å². The molecule has 2 heterocycles. The first-order valence-corrected chi connectivity index (χ1v) is 9.07. The molecule has 108 valence electrons. The summed E-state index contributed by atoms with van der Waals surface area (Å²) in [5, 5.41) is 1.85. The second-order valence-electron chi connectivity index (χ2n) is 5.04. The SMILES string of the molecule is O=S(=O)(C1CC1)N(CCc1cccs1)Cc1ccoc1. The summed E-state index contributed by atoms with van der Waals surface area (Å²) < 4.78 is 31.6. The third kappa shape index (κ3) is 3.13. The average molecular weight is 311 g/mol. The Morgan fingerprint density at radius 2 is 2.20 bits per heavy atom. The molecule has 1 saturated carbocycles. The molecule has 1 aliphatic carbocycles. The first-order chi connectivity index (χ1) is 9.66. The standard InChI is InChI=1S/C14H17NO3S2/c16-20(17,14-3-4-14)15(10-12-6-8-18-11-12)7-5-13-2-1-9-19-13/h1-2,6,8-9,11,14H,3-5,7,10H2. The number of nitrogens with zero attached hydrogens (tertiary/aromatic N) is 1. The van der Waals surface area contributed by atoms with E-state index in [1.165, 1.54) is 4.88 Å². The Hall–Kier alpha value is -1.11. The molecule has 1 fully saturated rings. The monoisotopic (exact) mass is 311 g/mol. The van der Waals surface area contributed by atoms with Gasteiger partial charge in [0.05, 0.1) is 17.8 Å². The van der Waals surface area contributed by atoms with Gasteiger partial charge in [-0.2, -0.15) is 4.31 Å². The smallest absolute Gasteiger partial charge is 0.217 e. The topological polar surface area (TPSA) is 50.5 Å². The van der Waals surface area contributed by atoms with E-state index in [4.69, 9.17) is 4.42 Å². The van der Waals surface area contributed by atoms with Crippen molar-refractivity contribution in [2.45, 2.75) is 31.1 Å². The zero-order chi connectivity index (χ0) is 14.0. The molecule has 20 heavy (non-hydrogen) atoms. The highest BCUT2D eigenvalue weighted by Gasteiger charge is 2.39. The summed E-state index contributed by atoms with van der Waals surface area (Å²) in [6.45, 7) is 0.936. The van der Waals surface area contributed by atoms with E-state index in [1.54, 1.807) is 28.2 Å². The Kier molecular flexibility index (Phi) is 3.96. The Bertz CT molecular complexity index is 628. The van der Waals surface area contributed by atoms with E-state index in [0.29, 0.717) is 13.1 Å². The van der Waals surface area contributed by atoms with Gasteiger partial charge < -0.3 is 4.42 Å². The van der Waals surface area contributed by atoms with Crippen molar-refractivity contribution in [3.8, 4) is 0 Å². The highest BCUT2D eigenvalue weighted by atomic mass is 32.2. The van der Waals surface area contributed by atoms with E-state index in [1.807, 2.05) is 23.6 Å². The summed E-state index contributed by atoms with van der Waals surface area (Å²) in [6.07, 6.45) is 5.55. The van der Waals surface area contributed by atoms with Gasteiger partial charge in [0.2, 0.25) is 10.0 Å². The van der Waals surface area contributed by atoms with Crippen LogP contribution in [0.1, 0.15) is 23.3 Å². The molecular weight excluding hydrogens is 294 g/mol. The van der Waals surface area contributed by atoms with Crippen LogP contribution in [-0.4, -0.2) is 24.5 Å². The summed E-state index contributed by atoms with van der Waals surface area (Å²) in [7, 11) is -3.16. The largest absolute Gasteiger partial charge is 0.472 e. The second kappa shape index (κ2) is 5.71. The van der Waals surface area contributed by atoms with Gasteiger partial charge >= 0.3 is 0 Å². The molecule has 0 bridgehead atoms. The number of thiophene rings is 1. The number of furan rings is 1. The number of sulfonamides is 1. The van der Waals surface area contributed by atoms with Gasteiger partial charge in [-0.1, -0.05) is 6.07 Å². The lowest BCUT2D eigenvalue weighted by molar-refractivity contribution is 0.407. The molecule has 0 atom stereocenters. The average Bonchev–Trinajstić information content (AvgIpc) is 2.96. The molecule has 2 aromatic rings. The third-order valence-corrected chi connectivity index (χ3v) is 6.71. The van der Waals surface area contributed by atoms with Crippen molar-refractivity contribution in [2.75, 3.05) is 6.54 Å². The van der Waals surface area contributed by atoms with Crippen LogP contribution in [-0.2, 0) is 23.0 Å². The highest BCUT2D eigenvalue weighted by molar-refractivity contribution is 7.90. The molecule has 1 aliphatic rings. The number of hydrogen-bond acceptors (Lipinski definition) is 4. The van der Waals surface area contributed by atoms with Crippen LogP contribution in [0.2, 0.25) is 0 Å². The molecule has 0 N–H and O–H groups in total. The molecule has 0 aliphatic heterocycles. The van der Waals surface area contributed by atoms with Crippen molar-refractivity contribution in [1.29, 1.82) is 0 Å². The normalized spacial score (nSPS) is 15.8. The van der Waals surface area contributed by atoms with Crippen LogP contribution < -0.4 is 0 Å². The van der Waals surface area contributed by atoms with E-state index in [0.717, 1.165) is 24.8 Å². The molecule has 4 nitrogen and oxygen atoms in total. The van der Waals surface area contributed by atoms with Crippen molar-refractivity contribution in [1.82, 2.24) is 4.31 Å². The summed E-state index contributed by atoms with van der Waals surface area (Å²) in [6, 6.07) is 5.86. The van der Waals surface area contributed by atoms with Crippen LogP contribution in [0.5, 0.6) is 0 Å². The maximum absolute atomic E-state index is 12.5. The van der Waals surface area contributed by atoms with Crippen LogP contribution in [0.4, 0.5) is 0 Å². The van der Waals surface area contributed by atoms with Crippen molar-refractivity contribution in [3.63, 3.8) is 0 Å². The predicted molar refractivity (Wildman–Crippen MR) is 79.1 cm³/mol. The Balaban J connectivity index is 1.72. The van der Waals surface area contributed by atoms with Gasteiger partial charge in [0.1, 0.15) is 0 Å². The Morgan fingerprint density at radius 3 is 2.80 bits per heavy atom. The summed E-state index contributed by atoms with van der Waals surface area (Å²) >= 11 is 1.67. The predicted octanol–water partition coefficient (Wildman–Crippen LogP) is 2.88. The Morgan fingerprint density at radius 1 is 1.35 bits per heavy atom. The lowest BCUT2D eigenvalue weighted by Crippen LogP contribution is -2.34. The first kappa shape index (κ1) is 13.9. The van der Waals surface area contributed by atoms with Gasteiger partial charge in [-0.05, 0) is 36.8 Å². The van der Waals surface area contributed by atoms with E-state index in [9.17, 15) is 8.42 Å². The molecule has 0 unspecified atom stereocenters.